The molecule has 1 aliphatic heterocycles. The third kappa shape index (κ3) is 4.61. The van der Waals surface area contributed by atoms with Crippen molar-refractivity contribution in [2.24, 2.45) is 11.5 Å². The van der Waals surface area contributed by atoms with Crippen molar-refractivity contribution in [3.63, 3.8) is 0 Å². The molecule has 0 spiro atoms. The first-order chi connectivity index (χ1) is 7.95. The number of hydrogen-bond donors (Lipinski definition) is 2. The van der Waals surface area contributed by atoms with Crippen LogP contribution >= 0.6 is 0 Å². The van der Waals surface area contributed by atoms with Gasteiger partial charge in [-0.2, -0.15) is 0 Å². The summed E-state index contributed by atoms with van der Waals surface area (Å²) in [5, 5.41) is 0. The highest BCUT2D eigenvalue weighted by atomic mass is 16.5. The van der Waals surface area contributed by atoms with Crippen molar-refractivity contribution in [3.05, 3.63) is 0 Å². The molecule has 0 bridgehead atoms. The number of amides is 1. The van der Waals surface area contributed by atoms with Gasteiger partial charge in [0, 0.05) is 19.7 Å². The van der Waals surface area contributed by atoms with Crippen LogP contribution in [0.3, 0.4) is 0 Å². The van der Waals surface area contributed by atoms with Gasteiger partial charge in [0.25, 0.3) is 0 Å². The zero-order valence-electron chi connectivity index (χ0n) is 10.9. The maximum atomic E-state index is 11.2. The number of primary amides is 1. The van der Waals surface area contributed by atoms with Crippen LogP contribution in [0, 0.1) is 0 Å². The molecule has 5 nitrogen and oxygen atoms in total. The Bertz CT molecular complexity index is 256. The van der Waals surface area contributed by atoms with E-state index in [4.69, 9.17) is 16.2 Å². The summed E-state index contributed by atoms with van der Waals surface area (Å²) in [6.45, 7) is 6.91. The van der Waals surface area contributed by atoms with Gasteiger partial charge in [-0.3, -0.25) is 9.69 Å². The molecule has 1 amide bonds. The number of hydrogen-bond acceptors (Lipinski definition) is 4. The normalized spacial score (nSPS) is 25.5. The van der Waals surface area contributed by atoms with E-state index >= 15 is 0 Å². The lowest BCUT2D eigenvalue weighted by atomic mass is 10.00. The minimum Gasteiger partial charge on any atom is -0.377 e. The van der Waals surface area contributed by atoms with Crippen LogP contribution < -0.4 is 11.5 Å². The van der Waals surface area contributed by atoms with Crippen LogP contribution in [0.2, 0.25) is 0 Å². The monoisotopic (exact) mass is 243 g/mol. The molecule has 1 aliphatic rings. The number of carbonyl (C=O) groups excluding carboxylic acids is 1. The molecule has 1 fully saturated rings. The van der Waals surface area contributed by atoms with Gasteiger partial charge in [0.1, 0.15) is 5.54 Å². The SMILES string of the molecule is CCCOC1CCCN(CC(C)(N)C(N)=O)C1. The Morgan fingerprint density at radius 1 is 1.59 bits per heavy atom. The quantitative estimate of drug-likeness (QED) is 0.692. The number of nitrogens with zero attached hydrogens (tertiary/aromatic N) is 1. The number of piperidine rings is 1. The predicted molar refractivity (Wildman–Crippen MR) is 67.5 cm³/mol. The lowest BCUT2D eigenvalue weighted by Crippen LogP contribution is -2.58. The molecule has 4 N–H and O–H groups in total. The van der Waals surface area contributed by atoms with Gasteiger partial charge < -0.3 is 16.2 Å². The highest BCUT2D eigenvalue weighted by Crippen LogP contribution is 2.15. The molecule has 0 aromatic heterocycles. The van der Waals surface area contributed by atoms with Crippen LogP contribution in [0.4, 0.5) is 0 Å². The van der Waals surface area contributed by atoms with E-state index in [0.29, 0.717) is 6.54 Å². The molecule has 0 aliphatic carbocycles. The summed E-state index contributed by atoms with van der Waals surface area (Å²) in [4.78, 5) is 13.4. The van der Waals surface area contributed by atoms with Crippen molar-refractivity contribution in [2.75, 3.05) is 26.2 Å². The first-order valence-corrected chi connectivity index (χ1v) is 6.38. The minimum absolute atomic E-state index is 0.271. The third-order valence-electron chi connectivity index (χ3n) is 3.13. The Hall–Kier alpha value is -0.650. The molecule has 0 aromatic rings. The highest BCUT2D eigenvalue weighted by Gasteiger charge is 2.31. The van der Waals surface area contributed by atoms with Gasteiger partial charge in [-0.1, -0.05) is 6.92 Å². The summed E-state index contributed by atoms with van der Waals surface area (Å²) in [6, 6.07) is 0. The Morgan fingerprint density at radius 3 is 2.88 bits per heavy atom. The van der Waals surface area contributed by atoms with Gasteiger partial charge in [0.2, 0.25) is 5.91 Å². The van der Waals surface area contributed by atoms with Crippen molar-refractivity contribution in [3.8, 4) is 0 Å². The molecule has 100 valence electrons. The molecule has 0 saturated carbocycles. The van der Waals surface area contributed by atoms with Crippen LogP contribution in [-0.2, 0) is 9.53 Å². The third-order valence-corrected chi connectivity index (χ3v) is 3.13. The predicted octanol–water partition coefficient (Wildman–Crippen LogP) is 0.0801. The summed E-state index contributed by atoms with van der Waals surface area (Å²) in [6.07, 6.45) is 3.48. The summed E-state index contributed by atoms with van der Waals surface area (Å²) < 4.78 is 5.74. The molecule has 1 saturated heterocycles. The number of likely N-dealkylation sites (tertiary alicyclic amines) is 1. The molecule has 5 heteroatoms. The average molecular weight is 243 g/mol. The van der Waals surface area contributed by atoms with E-state index < -0.39 is 11.4 Å². The maximum Gasteiger partial charge on any atom is 0.238 e. The van der Waals surface area contributed by atoms with Gasteiger partial charge in [0.15, 0.2) is 0 Å². The molecule has 1 rings (SSSR count). The Kier molecular flexibility index (Phi) is 5.36. The maximum absolute atomic E-state index is 11.2. The Morgan fingerprint density at radius 2 is 2.29 bits per heavy atom. The van der Waals surface area contributed by atoms with E-state index in [0.717, 1.165) is 39.0 Å². The van der Waals surface area contributed by atoms with Crippen LogP contribution in [0.25, 0.3) is 0 Å². The molecular formula is C12H25N3O2. The molecule has 1 heterocycles. The summed E-state index contributed by atoms with van der Waals surface area (Å²) in [5.74, 6) is -0.450. The van der Waals surface area contributed by atoms with Gasteiger partial charge in [0.05, 0.1) is 6.10 Å². The topological polar surface area (TPSA) is 81.6 Å². The van der Waals surface area contributed by atoms with Crippen molar-refractivity contribution in [2.45, 2.75) is 44.8 Å². The number of rotatable bonds is 6. The van der Waals surface area contributed by atoms with E-state index in [1.165, 1.54) is 0 Å². The van der Waals surface area contributed by atoms with E-state index in [9.17, 15) is 4.79 Å². The van der Waals surface area contributed by atoms with Crippen LogP contribution in [0.5, 0.6) is 0 Å². The fraction of sp³-hybridized carbons (Fsp3) is 0.917. The summed E-state index contributed by atoms with van der Waals surface area (Å²) in [5.41, 5.74) is 10.2. The minimum atomic E-state index is -0.952. The fourth-order valence-corrected chi connectivity index (χ4v) is 2.12. The van der Waals surface area contributed by atoms with E-state index in [2.05, 4.69) is 11.8 Å². The van der Waals surface area contributed by atoms with Gasteiger partial charge in [-0.25, -0.2) is 0 Å². The number of ether oxygens (including phenoxy) is 1. The van der Waals surface area contributed by atoms with Crippen molar-refractivity contribution in [1.29, 1.82) is 0 Å². The highest BCUT2D eigenvalue weighted by molar-refractivity contribution is 5.84. The Labute approximate surface area is 103 Å². The van der Waals surface area contributed by atoms with Crippen LogP contribution in [0.15, 0.2) is 0 Å². The average Bonchev–Trinajstić information content (AvgIpc) is 2.26. The fourth-order valence-electron chi connectivity index (χ4n) is 2.12. The first kappa shape index (κ1) is 14.4. The first-order valence-electron chi connectivity index (χ1n) is 6.38. The van der Waals surface area contributed by atoms with E-state index in [-0.39, 0.29) is 6.10 Å². The lowest BCUT2D eigenvalue weighted by Gasteiger charge is -2.36. The second-order valence-corrected chi connectivity index (χ2v) is 5.15. The molecule has 2 atom stereocenters. The molecular weight excluding hydrogens is 218 g/mol. The second kappa shape index (κ2) is 6.33. The summed E-state index contributed by atoms with van der Waals surface area (Å²) in [7, 11) is 0. The standard InChI is InChI=1S/C12H25N3O2/c1-3-7-17-10-5-4-6-15(8-10)9-12(2,14)11(13)16/h10H,3-9,14H2,1-2H3,(H2,13,16). The van der Waals surface area contributed by atoms with Gasteiger partial charge in [-0.15, -0.1) is 0 Å². The molecule has 0 aromatic carbocycles. The molecule has 17 heavy (non-hydrogen) atoms. The van der Waals surface area contributed by atoms with E-state index in [1.54, 1.807) is 6.92 Å². The Balaban J connectivity index is 2.41. The van der Waals surface area contributed by atoms with Crippen LogP contribution in [-0.4, -0.2) is 48.7 Å². The second-order valence-electron chi connectivity index (χ2n) is 5.15. The number of carbonyl (C=O) groups is 1. The van der Waals surface area contributed by atoms with Crippen molar-refractivity contribution < 1.29 is 9.53 Å². The molecule has 0 radical (unpaired) electrons. The molecule has 2 unspecified atom stereocenters. The zero-order valence-corrected chi connectivity index (χ0v) is 10.9. The van der Waals surface area contributed by atoms with Gasteiger partial charge in [-0.05, 0) is 32.7 Å². The lowest BCUT2D eigenvalue weighted by molar-refractivity contribution is -0.123. The van der Waals surface area contributed by atoms with Crippen LogP contribution in [0.1, 0.15) is 33.1 Å². The van der Waals surface area contributed by atoms with Crippen molar-refractivity contribution in [1.82, 2.24) is 4.90 Å². The van der Waals surface area contributed by atoms with Gasteiger partial charge >= 0.3 is 0 Å². The largest absolute Gasteiger partial charge is 0.377 e. The van der Waals surface area contributed by atoms with E-state index in [1.807, 2.05) is 0 Å². The smallest absolute Gasteiger partial charge is 0.238 e. The number of nitrogens with two attached hydrogens (primary N) is 2. The zero-order chi connectivity index (χ0) is 12.9. The summed E-state index contributed by atoms with van der Waals surface area (Å²) >= 11 is 0. The van der Waals surface area contributed by atoms with Crippen molar-refractivity contribution >= 4 is 5.91 Å².